The summed E-state index contributed by atoms with van der Waals surface area (Å²) in [6.07, 6.45) is 3.85. The van der Waals surface area contributed by atoms with E-state index in [1.54, 1.807) is 4.90 Å². The third kappa shape index (κ3) is 4.75. The lowest BCUT2D eigenvalue weighted by molar-refractivity contribution is -0.118. The molecule has 98 valence electrons. The minimum atomic E-state index is -0.509. The van der Waals surface area contributed by atoms with Crippen molar-refractivity contribution in [3.63, 3.8) is 0 Å². The van der Waals surface area contributed by atoms with Crippen LogP contribution in [0.3, 0.4) is 0 Å². The maximum Gasteiger partial charge on any atom is 0.410 e. The van der Waals surface area contributed by atoms with Gasteiger partial charge in [0.05, 0.1) is 6.54 Å². The van der Waals surface area contributed by atoms with Crippen LogP contribution in [0.25, 0.3) is 0 Å². The largest absolute Gasteiger partial charge is 0.444 e. The van der Waals surface area contributed by atoms with Gasteiger partial charge in [-0.05, 0) is 40.5 Å². The second kappa shape index (κ2) is 5.52. The van der Waals surface area contributed by atoms with Crippen LogP contribution in [0.5, 0.6) is 0 Å². The fraction of sp³-hybridized carbons (Fsp3) is 0.846. The Kier molecular flexibility index (Phi) is 4.54. The van der Waals surface area contributed by atoms with E-state index in [0.717, 1.165) is 25.7 Å². The molecule has 1 fully saturated rings. The fourth-order valence-electron chi connectivity index (χ4n) is 2.12. The molecule has 0 aromatic rings. The quantitative estimate of drug-likeness (QED) is 0.763. The molecule has 0 N–H and O–H groups in total. The molecule has 1 saturated carbocycles. The highest BCUT2D eigenvalue weighted by molar-refractivity contribution is 5.82. The second-order valence-electron chi connectivity index (χ2n) is 5.75. The van der Waals surface area contributed by atoms with E-state index >= 15 is 0 Å². The number of Topliss-reactive ketones (excluding diaryl/α,β-unsaturated/α-hetero) is 1. The van der Waals surface area contributed by atoms with E-state index in [1.165, 1.54) is 6.92 Å². The monoisotopic (exact) mass is 241 g/mol. The molecular formula is C13H23NO3. The Hall–Kier alpha value is -1.06. The molecule has 0 unspecified atom stereocenters. The third-order valence-electron chi connectivity index (χ3n) is 2.79. The van der Waals surface area contributed by atoms with Crippen LogP contribution in [0.2, 0.25) is 0 Å². The van der Waals surface area contributed by atoms with Crippen LogP contribution in [0.15, 0.2) is 0 Å². The normalized spacial score (nSPS) is 16.9. The van der Waals surface area contributed by atoms with Crippen LogP contribution in [0.4, 0.5) is 4.79 Å². The predicted octanol–water partition coefficient (Wildman–Crippen LogP) is 2.76. The van der Waals surface area contributed by atoms with Crippen molar-refractivity contribution in [1.29, 1.82) is 0 Å². The van der Waals surface area contributed by atoms with Gasteiger partial charge in [-0.1, -0.05) is 12.8 Å². The number of ketones is 1. The topological polar surface area (TPSA) is 46.6 Å². The first-order chi connectivity index (χ1) is 7.79. The SMILES string of the molecule is CC(=O)CN(C(=O)OC(C)(C)C)C1CCCC1. The molecular weight excluding hydrogens is 218 g/mol. The van der Waals surface area contributed by atoms with Gasteiger partial charge in [-0.3, -0.25) is 9.69 Å². The Balaban J connectivity index is 2.67. The number of carbonyl (C=O) groups excluding carboxylic acids is 2. The van der Waals surface area contributed by atoms with Crippen molar-refractivity contribution in [3.8, 4) is 0 Å². The van der Waals surface area contributed by atoms with Gasteiger partial charge >= 0.3 is 6.09 Å². The van der Waals surface area contributed by atoms with Crippen molar-refractivity contribution in [1.82, 2.24) is 4.90 Å². The minimum absolute atomic E-state index is 0.00255. The molecule has 1 aliphatic carbocycles. The maximum atomic E-state index is 12.0. The summed E-state index contributed by atoms with van der Waals surface area (Å²) in [4.78, 5) is 24.9. The van der Waals surface area contributed by atoms with Crippen LogP contribution < -0.4 is 0 Å². The Morgan fingerprint density at radius 2 is 1.76 bits per heavy atom. The van der Waals surface area contributed by atoms with Gasteiger partial charge in [-0.2, -0.15) is 0 Å². The van der Waals surface area contributed by atoms with Crippen LogP contribution >= 0.6 is 0 Å². The molecule has 1 rings (SSSR count). The number of ether oxygens (including phenoxy) is 1. The van der Waals surface area contributed by atoms with E-state index in [4.69, 9.17) is 4.74 Å². The lowest BCUT2D eigenvalue weighted by atomic mass is 10.2. The zero-order chi connectivity index (χ0) is 13.1. The molecule has 0 saturated heterocycles. The van der Waals surface area contributed by atoms with E-state index < -0.39 is 5.60 Å². The number of hydrogen-bond acceptors (Lipinski definition) is 3. The number of nitrogens with zero attached hydrogens (tertiary/aromatic N) is 1. The molecule has 0 bridgehead atoms. The first-order valence-corrected chi connectivity index (χ1v) is 6.28. The summed E-state index contributed by atoms with van der Waals surface area (Å²) < 4.78 is 5.35. The molecule has 1 aliphatic rings. The summed E-state index contributed by atoms with van der Waals surface area (Å²) in [5, 5.41) is 0. The van der Waals surface area contributed by atoms with E-state index in [0.29, 0.717) is 0 Å². The first-order valence-electron chi connectivity index (χ1n) is 6.28. The molecule has 0 radical (unpaired) electrons. The Bertz CT molecular complexity index is 288. The zero-order valence-corrected chi connectivity index (χ0v) is 11.3. The molecule has 4 nitrogen and oxygen atoms in total. The summed E-state index contributed by atoms with van der Waals surface area (Å²) in [5.74, 6) is 0.00255. The lowest BCUT2D eigenvalue weighted by Crippen LogP contribution is -2.44. The molecule has 0 aromatic heterocycles. The van der Waals surface area contributed by atoms with E-state index in [-0.39, 0.29) is 24.5 Å². The molecule has 0 aliphatic heterocycles. The van der Waals surface area contributed by atoms with Crippen molar-refractivity contribution < 1.29 is 14.3 Å². The van der Waals surface area contributed by atoms with Crippen LogP contribution in [0.1, 0.15) is 53.4 Å². The van der Waals surface area contributed by atoms with Crippen molar-refractivity contribution in [2.75, 3.05) is 6.54 Å². The number of hydrogen-bond donors (Lipinski definition) is 0. The third-order valence-corrected chi connectivity index (χ3v) is 2.79. The summed E-state index contributed by atoms with van der Waals surface area (Å²) in [6.45, 7) is 7.19. The molecule has 0 aromatic carbocycles. The minimum Gasteiger partial charge on any atom is -0.444 e. The molecule has 0 atom stereocenters. The van der Waals surface area contributed by atoms with E-state index in [1.807, 2.05) is 20.8 Å². The zero-order valence-electron chi connectivity index (χ0n) is 11.3. The lowest BCUT2D eigenvalue weighted by Gasteiger charge is -2.30. The number of carbonyl (C=O) groups is 2. The van der Waals surface area contributed by atoms with Crippen molar-refractivity contribution in [3.05, 3.63) is 0 Å². The Labute approximate surface area is 103 Å². The summed E-state index contributed by atoms with van der Waals surface area (Å²) in [5.41, 5.74) is -0.509. The van der Waals surface area contributed by atoms with Gasteiger partial charge in [0.25, 0.3) is 0 Å². The van der Waals surface area contributed by atoms with E-state index in [2.05, 4.69) is 0 Å². The Morgan fingerprint density at radius 3 is 2.18 bits per heavy atom. The average Bonchev–Trinajstić information content (AvgIpc) is 2.63. The highest BCUT2D eigenvalue weighted by Gasteiger charge is 2.30. The highest BCUT2D eigenvalue weighted by atomic mass is 16.6. The molecule has 0 spiro atoms. The standard InChI is InChI=1S/C13H23NO3/c1-10(15)9-14(11-7-5-6-8-11)12(16)17-13(2,3)4/h11H,5-9H2,1-4H3. The van der Waals surface area contributed by atoms with Gasteiger partial charge < -0.3 is 4.74 Å². The first kappa shape index (κ1) is 14.0. The van der Waals surface area contributed by atoms with Crippen LogP contribution in [0, 0.1) is 0 Å². The highest BCUT2D eigenvalue weighted by Crippen LogP contribution is 2.25. The van der Waals surface area contributed by atoms with Crippen LogP contribution in [-0.2, 0) is 9.53 Å². The summed E-state index contributed by atoms with van der Waals surface area (Å²) in [6, 6.07) is 0.175. The summed E-state index contributed by atoms with van der Waals surface area (Å²) in [7, 11) is 0. The van der Waals surface area contributed by atoms with Gasteiger partial charge in [0, 0.05) is 6.04 Å². The van der Waals surface area contributed by atoms with Gasteiger partial charge in [0.2, 0.25) is 0 Å². The number of amides is 1. The van der Waals surface area contributed by atoms with Crippen molar-refractivity contribution in [2.24, 2.45) is 0 Å². The van der Waals surface area contributed by atoms with Gasteiger partial charge in [-0.25, -0.2) is 4.79 Å². The van der Waals surface area contributed by atoms with Gasteiger partial charge in [0.1, 0.15) is 11.4 Å². The molecule has 1 amide bonds. The fourth-order valence-corrected chi connectivity index (χ4v) is 2.12. The van der Waals surface area contributed by atoms with Crippen molar-refractivity contribution >= 4 is 11.9 Å². The van der Waals surface area contributed by atoms with Gasteiger partial charge in [-0.15, -0.1) is 0 Å². The van der Waals surface area contributed by atoms with Crippen LogP contribution in [-0.4, -0.2) is 35.0 Å². The average molecular weight is 241 g/mol. The molecule has 4 heteroatoms. The second-order valence-corrected chi connectivity index (χ2v) is 5.75. The van der Waals surface area contributed by atoms with Crippen molar-refractivity contribution in [2.45, 2.75) is 65.0 Å². The summed E-state index contributed by atoms with van der Waals surface area (Å²) >= 11 is 0. The predicted molar refractivity (Wildman–Crippen MR) is 65.9 cm³/mol. The number of rotatable bonds is 3. The molecule has 0 heterocycles. The maximum absolute atomic E-state index is 12.0. The molecule has 17 heavy (non-hydrogen) atoms. The smallest absolute Gasteiger partial charge is 0.410 e. The van der Waals surface area contributed by atoms with E-state index in [9.17, 15) is 9.59 Å². The van der Waals surface area contributed by atoms with Gasteiger partial charge in [0.15, 0.2) is 0 Å². The Morgan fingerprint density at radius 1 is 1.24 bits per heavy atom.